The molecular weight excluding hydrogens is 400 g/mol. The summed E-state index contributed by atoms with van der Waals surface area (Å²) in [6.45, 7) is 10.9. The van der Waals surface area contributed by atoms with Crippen molar-refractivity contribution < 1.29 is 22.7 Å². The van der Waals surface area contributed by atoms with E-state index >= 15 is 0 Å². The smallest absolute Gasteiger partial charge is 0.302 e. The molecule has 0 radical (unpaired) electrons. The lowest BCUT2D eigenvalue weighted by molar-refractivity contribution is -0.139. The molecule has 1 aromatic carbocycles. The lowest BCUT2D eigenvalue weighted by Crippen LogP contribution is -2.37. The summed E-state index contributed by atoms with van der Waals surface area (Å²) in [4.78, 5) is 23.8. The summed E-state index contributed by atoms with van der Waals surface area (Å²) in [5, 5.41) is -0.854. The highest BCUT2D eigenvalue weighted by Gasteiger charge is 2.42. The van der Waals surface area contributed by atoms with Gasteiger partial charge in [-0.2, -0.15) is 0 Å². The summed E-state index contributed by atoms with van der Waals surface area (Å²) in [5.41, 5.74) is 2.62. The molecule has 1 aliphatic rings. The van der Waals surface area contributed by atoms with Crippen LogP contribution in [0.1, 0.15) is 59.4 Å². The Morgan fingerprint density at radius 3 is 2.33 bits per heavy atom. The van der Waals surface area contributed by atoms with E-state index in [0.717, 1.165) is 11.1 Å². The second-order valence-corrected chi connectivity index (χ2v) is 10.9. The number of benzene rings is 1. The van der Waals surface area contributed by atoms with E-state index in [1.165, 1.54) is 6.92 Å². The number of hydrogen-bond acceptors (Lipinski definition) is 5. The van der Waals surface area contributed by atoms with Crippen LogP contribution in [-0.2, 0) is 24.2 Å². The van der Waals surface area contributed by atoms with E-state index < -0.39 is 20.5 Å². The minimum absolute atomic E-state index is 0.00924. The molecule has 1 aromatic rings. The van der Waals surface area contributed by atoms with Gasteiger partial charge in [-0.25, -0.2) is 8.42 Å². The van der Waals surface area contributed by atoms with Gasteiger partial charge in [-0.3, -0.25) is 9.59 Å². The molecule has 0 fully saturated rings. The lowest BCUT2D eigenvalue weighted by atomic mass is 9.70. The monoisotopic (exact) mass is 432 g/mol. The van der Waals surface area contributed by atoms with Crippen LogP contribution < -0.4 is 0 Å². The molecule has 0 aliphatic heterocycles. The van der Waals surface area contributed by atoms with Gasteiger partial charge in [0.1, 0.15) is 6.61 Å². The van der Waals surface area contributed by atoms with Gasteiger partial charge in [0, 0.05) is 13.3 Å². The molecule has 0 heterocycles. The number of esters is 1. The van der Waals surface area contributed by atoms with Gasteiger partial charge >= 0.3 is 5.97 Å². The van der Waals surface area contributed by atoms with Crippen molar-refractivity contribution in [2.24, 2.45) is 5.41 Å². The fourth-order valence-electron chi connectivity index (χ4n) is 4.02. The van der Waals surface area contributed by atoms with E-state index in [4.69, 9.17) is 4.74 Å². The molecule has 30 heavy (non-hydrogen) atoms. The summed E-state index contributed by atoms with van der Waals surface area (Å²) in [5.74, 6) is -0.379. The van der Waals surface area contributed by atoms with Crippen LogP contribution in [0, 0.1) is 12.3 Å². The number of aryl methyl sites for hydroxylation is 1. The van der Waals surface area contributed by atoms with E-state index in [1.807, 2.05) is 27.7 Å². The Morgan fingerprint density at radius 1 is 1.17 bits per heavy atom. The molecule has 0 saturated carbocycles. The van der Waals surface area contributed by atoms with Crippen LogP contribution in [0.25, 0.3) is 0 Å². The van der Waals surface area contributed by atoms with Crippen molar-refractivity contribution >= 4 is 21.6 Å². The fourth-order valence-corrected chi connectivity index (χ4v) is 6.15. The maximum absolute atomic E-state index is 13.7. The van der Waals surface area contributed by atoms with Gasteiger partial charge in [-0.1, -0.05) is 37.1 Å². The second-order valence-electron chi connectivity index (χ2n) is 8.75. The number of carbonyl (C=O) groups excluding carboxylic acids is 2. The highest BCUT2D eigenvalue weighted by atomic mass is 32.2. The van der Waals surface area contributed by atoms with Crippen molar-refractivity contribution in [2.75, 3.05) is 6.61 Å². The number of carbonyl (C=O) groups is 2. The average molecular weight is 433 g/mol. The van der Waals surface area contributed by atoms with Gasteiger partial charge in [0.2, 0.25) is 0 Å². The van der Waals surface area contributed by atoms with Gasteiger partial charge in [0.15, 0.2) is 15.6 Å². The van der Waals surface area contributed by atoms with E-state index in [9.17, 15) is 18.0 Å². The first-order valence-corrected chi connectivity index (χ1v) is 11.7. The largest absolute Gasteiger partial charge is 0.462 e. The molecule has 1 unspecified atom stereocenters. The van der Waals surface area contributed by atoms with E-state index in [1.54, 1.807) is 37.3 Å². The molecule has 6 heteroatoms. The number of hydrogen-bond donors (Lipinski definition) is 0. The van der Waals surface area contributed by atoms with E-state index in [2.05, 4.69) is 0 Å². The van der Waals surface area contributed by atoms with Crippen molar-refractivity contribution in [3.05, 3.63) is 52.6 Å². The van der Waals surface area contributed by atoms with Crippen LogP contribution in [0.4, 0.5) is 0 Å². The molecule has 0 bridgehead atoms. The Hall–Kier alpha value is -2.21. The number of sulfone groups is 1. The first-order chi connectivity index (χ1) is 13.9. The van der Waals surface area contributed by atoms with E-state index in [-0.39, 0.29) is 29.7 Å². The molecule has 164 valence electrons. The molecule has 1 aliphatic carbocycles. The SMILES string of the molecule is CC(=O)OCC=C(C)CC(C1=C(C)C(=O)CCC1(C)C)S(=O)(=O)c1ccc(C)cc1. The summed E-state index contributed by atoms with van der Waals surface area (Å²) in [7, 11) is -3.74. The normalized spacial score (nSPS) is 18.3. The van der Waals surface area contributed by atoms with Crippen molar-refractivity contribution in [1.82, 2.24) is 0 Å². The van der Waals surface area contributed by atoms with Gasteiger partial charge in [0.05, 0.1) is 10.1 Å². The number of ketones is 1. The average Bonchev–Trinajstić information content (AvgIpc) is 2.64. The predicted octanol–water partition coefficient (Wildman–Crippen LogP) is 4.74. The molecule has 2 rings (SSSR count). The molecule has 5 nitrogen and oxygen atoms in total. The first kappa shape index (κ1) is 24.1. The molecule has 0 aromatic heterocycles. The highest BCUT2D eigenvalue weighted by molar-refractivity contribution is 7.92. The number of rotatable bonds is 7. The van der Waals surface area contributed by atoms with Gasteiger partial charge < -0.3 is 4.74 Å². The maximum Gasteiger partial charge on any atom is 0.302 e. The standard InChI is InChI=1S/C24H32O5S/c1-16-7-9-20(10-8-16)30(27,28)22(15-17(2)12-14-29-19(4)25)23-18(3)21(26)11-13-24(23,5)6/h7-10,12,22H,11,13-15H2,1-6H3. The zero-order valence-corrected chi connectivity index (χ0v) is 19.6. The van der Waals surface area contributed by atoms with E-state index in [0.29, 0.717) is 24.0 Å². The molecule has 0 spiro atoms. The van der Waals surface area contributed by atoms with Crippen molar-refractivity contribution in [1.29, 1.82) is 0 Å². The summed E-state index contributed by atoms with van der Waals surface area (Å²) in [6.07, 6.45) is 3.02. The van der Waals surface area contributed by atoms with Crippen molar-refractivity contribution in [3.8, 4) is 0 Å². The lowest BCUT2D eigenvalue weighted by Gasteiger charge is -2.38. The van der Waals surface area contributed by atoms with Gasteiger partial charge in [-0.15, -0.1) is 0 Å². The number of Topliss-reactive ketones (excluding diaryl/α,β-unsaturated/α-hetero) is 1. The quantitative estimate of drug-likeness (QED) is 0.459. The summed E-state index contributed by atoms with van der Waals surface area (Å²) < 4.78 is 32.5. The highest BCUT2D eigenvalue weighted by Crippen LogP contribution is 2.45. The van der Waals surface area contributed by atoms with Crippen LogP contribution in [0.5, 0.6) is 0 Å². The molecule has 1 atom stereocenters. The van der Waals surface area contributed by atoms with Gasteiger partial charge in [0.25, 0.3) is 0 Å². The first-order valence-electron chi connectivity index (χ1n) is 10.2. The molecule has 0 amide bonds. The predicted molar refractivity (Wildman–Crippen MR) is 118 cm³/mol. The van der Waals surface area contributed by atoms with Crippen LogP contribution in [-0.4, -0.2) is 32.0 Å². The Morgan fingerprint density at radius 2 is 1.77 bits per heavy atom. The molecular formula is C24H32O5S. The Bertz CT molecular complexity index is 979. The van der Waals surface area contributed by atoms with Crippen molar-refractivity contribution in [3.63, 3.8) is 0 Å². The Labute approximate surface area is 180 Å². The number of ether oxygens (including phenoxy) is 1. The minimum Gasteiger partial charge on any atom is -0.462 e. The van der Waals surface area contributed by atoms with Crippen LogP contribution in [0.3, 0.4) is 0 Å². The van der Waals surface area contributed by atoms with Crippen LogP contribution in [0.2, 0.25) is 0 Å². The zero-order chi connectivity index (χ0) is 22.7. The third-order valence-electron chi connectivity index (χ3n) is 5.80. The molecule has 0 saturated heterocycles. The van der Waals surface area contributed by atoms with Crippen molar-refractivity contribution in [2.45, 2.75) is 71.0 Å². The summed E-state index contributed by atoms with van der Waals surface area (Å²) in [6, 6.07) is 6.82. The minimum atomic E-state index is -3.74. The summed E-state index contributed by atoms with van der Waals surface area (Å²) >= 11 is 0. The van der Waals surface area contributed by atoms with Gasteiger partial charge in [-0.05, 0) is 68.4 Å². The van der Waals surface area contributed by atoms with Crippen LogP contribution in [0.15, 0.2) is 52.0 Å². The topological polar surface area (TPSA) is 77.5 Å². The number of allylic oxidation sites excluding steroid dienone is 2. The third-order valence-corrected chi connectivity index (χ3v) is 7.88. The maximum atomic E-state index is 13.7. The Balaban J connectivity index is 2.58. The molecule has 0 N–H and O–H groups in total. The second kappa shape index (κ2) is 9.29. The third kappa shape index (κ3) is 5.48. The Kier molecular flexibility index (Phi) is 7.45. The van der Waals surface area contributed by atoms with Crippen LogP contribution >= 0.6 is 0 Å². The zero-order valence-electron chi connectivity index (χ0n) is 18.7. The fraction of sp³-hybridized carbons (Fsp3) is 0.500.